The molecule has 3 nitrogen and oxygen atoms in total. The Morgan fingerprint density at radius 3 is 2.92 bits per heavy atom. The summed E-state index contributed by atoms with van der Waals surface area (Å²) < 4.78 is 0.871. The van der Waals surface area contributed by atoms with Crippen LogP contribution in [0.5, 0.6) is 0 Å². The van der Waals surface area contributed by atoms with Crippen LogP contribution in [0.15, 0.2) is 22.9 Å². The highest BCUT2D eigenvalue weighted by Gasteiger charge is 2.25. The fraction of sp³-hybridized carbons (Fsp3) is 0.444. The van der Waals surface area contributed by atoms with Gasteiger partial charge in [-0.25, -0.2) is 4.98 Å². The Balaban J connectivity index is 1.98. The lowest BCUT2D eigenvalue weighted by Crippen LogP contribution is -2.44. The maximum atomic E-state index is 5.69. The smallest absolute Gasteiger partial charge is 0.129 e. The minimum atomic E-state index is 0.382. The largest absolute Gasteiger partial charge is 0.380 e. The van der Waals surface area contributed by atoms with Crippen LogP contribution in [0.2, 0.25) is 0 Å². The second-order valence-electron chi connectivity index (χ2n) is 3.41. The Bertz CT molecular complexity index is 297. The Kier molecular flexibility index (Phi) is 2.51. The van der Waals surface area contributed by atoms with Crippen LogP contribution in [0.4, 0.5) is 5.69 Å². The van der Waals surface area contributed by atoms with Crippen molar-refractivity contribution in [3.63, 3.8) is 0 Å². The van der Waals surface area contributed by atoms with Crippen molar-refractivity contribution in [2.45, 2.75) is 24.9 Å². The van der Waals surface area contributed by atoms with Gasteiger partial charge in [-0.05, 0) is 40.9 Å². The number of nitrogens with two attached hydrogens (primary N) is 1. The molecule has 1 aromatic rings. The van der Waals surface area contributed by atoms with E-state index in [0.717, 1.165) is 23.1 Å². The molecule has 0 spiro atoms. The summed E-state index contributed by atoms with van der Waals surface area (Å²) in [5.74, 6) is 0. The number of nitrogens with one attached hydrogen (secondary N) is 1. The topological polar surface area (TPSA) is 50.9 Å². The molecule has 13 heavy (non-hydrogen) atoms. The van der Waals surface area contributed by atoms with Crippen molar-refractivity contribution in [1.82, 2.24) is 4.98 Å². The molecule has 70 valence electrons. The van der Waals surface area contributed by atoms with Gasteiger partial charge in [0.25, 0.3) is 0 Å². The van der Waals surface area contributed by atoms with Crippen LogP contribution in [0.3, 0.4) is 0 Å². The van der Waals surface area contributed by atoms with Gasteiger partial charge in [0, 0.05) is 18.3 Å². The van der Waals surface area contributed by atoms with Crippen LogP contribution in [0, 0.1) is 0 Å². The maximum Gasteiger partial charge on any atom is 0.129 e. The van der Waals surface area contributed by atoms with E-state index in [1.165, 1.54) is 0 Å². The van der Waals surface area contributed by atoms with E-state index < -0.39 is 0 Å². The number of halogens is 1. The fourth-order valence-electron chi connectivity index (χ4n) is 1.49. The van der Waals surface area contributed by atoms with Gasteiger partial charge >= 0.3 is 0 Å². The summed E-state index contributed by atoms with van der Waals surface area (Å²) in [6, 6.07) is 4.84. The first-order valence-electron chi connectivity index (χ1n) is 4.38. The van der Waals surface area contributed by atoms with Crippen molar-refractivity contribution in [2.24, 2.45) is 5.73 Å². The number of nitrogens with zero attached hydrogens (tertiary/aromatic N) is 1. The van der Waals surface area contributed by atoms with Crippen LogP contribution in [0.25, 0.3) is 0 Å². The molecule has 1 aliphatic rings. The van der Waals surface area contributed by atoms with Crippen molar-refractivity contribution in [3.05, 3.63) is 22.9 Å². The van der Waals surface area contributed by atoms with Gasteiger partial charge in [0.1, 0.15) is 4.60 Å². The summed E-state index contributed by atoms with van der Waals surface area (Å²) in [5, 5.41) is 3.39. The summed E-state index contributed by atoms with van der Waals surface area (Å²) in [4.78, 5) is 4.13. The van der Waals surface area contributed by atoms with Crippen molar-refractivity contribution < 1.29 is 0 Å². The summed E-state index contributed by atoms with van der Waals surface area (Å²) in [7, 11) is 0. The molecule has 3 N–H and O–H groups in total. The van der Waals surface area contributed by atoms with Gasteiger partial charge in [-0.15, -0.1) is 0 Å². The molecular weight excluding hydrogens is 230 g/mol. The molecule has 1 heterocycles. The molecule has 1 saturated carbocycles. The number of hydrogen-bond donors (Lipinski definition) is 2. The van der Waals surface area contributed by atoms with Gasteiger partial charge in [0.15, 0.2) is 0 Å². The first-order valence-corrected chi connectivity index (χ1v) is 5.17. The van der Waals surface area contributed by atoms with E-state index >= 15 is 0 Å². The Morgan fingerprint density at radius 1 is 1.54 bits per heavy atom. The Labute approximate surface area is 85.9 Å². The highest BCUT2D eigenvalue weighted by atomic mass is 79.9. The average Bonchev–Trinajstić information content (AvgIpc) is 2.06. The van der Waals surface area contributed by atoms with E-state index in [1.54, 1.807) is 6.20 Å². The van der Waals surface area contributed by atoms with Crippen molar-refractivity contribution >= 4 is 21.6 Å². The monoisotopic (exact) mass is 241 g/mol. The molecule has 1 aliphatic carbocycles. The van der Waals surface area contributed by atoms with E-state index in [0.29, 0.717) is 12.1 Å². The fourth-order valence-corrected chi connectivity index (χ4v) is 1.86. The second-order valence-corrected chi connectivity index (χ2v) is 4.17. The van der Waals surface area contributed by atoms with Gasteiger partial charge in [-0.3, -0.25) is 0 Å². The quantitative estimate of drug-likeness (QED) is 0.777. The molecule has 0 radical (unpaired) electrons. The maximum absolute atomic E-state index is 5.69. The lowest BCUT2D eigenvalue weighted by atomic mass is 9.87. The van der Waals surface area contributed by atoms with Crippen LogP contribution in [-0.2, 0) is 0 Å². The zero-order chi connectivity index (χ0) is 9.26. The number of aromatic nitrogens is 1. The van der Waals surface area contributed by atoms with Crippen molar-refractivity contribution in [2.75, 3.05) is 5.32 Å². The van der Waals surface area contributed by atoms with Crippen LogP contribution < -0.4 is 11.1 Å². The Morgan fingerprint density at radius 2 is 2.31 bits per heavy atom. The molecule has 0 atom stereocenters. The molecule has 0 amide bonds. The molecule has 0 saturated heterocycles. The SMILES string of the molecule is NC1CC(Nc2cccnc2Br)C1. The number of pyridine rings is 1. The zero-order valence-electron chi connectivity index (χ0n) is 7.20. The average molecular weight is 242 g/mol. The first kappa shape index (κ1) is 8.97. The highest BCUT2D eigenvalue weighted by Crippen LogP contribution is 2.25. The number of hydrogen-bond acceptors (Lipinski definition) is 3. The summed E-state index contributed by atoms with van der Waals surface area (Å²) in [6.07, 6.45) is 3.88. The zero-order valence-corrected chi connectivity index (χ0v) is 8.79. The predicted octanol–water partition coefficient (Wildman–Crippen LogP) is 1.75. The van der Waals surface area contributed by atoms with Crippen molar-refractivity contribution in [3.8, 4) is 0 Å². The van der Waals surface area contributed by atoms with E-state index in [-0.39, 0.29) is 0 Å². The lowest BCUT2D eigenvalue weighted by Gasteiger charge is -2.33. The molecular formula is C9H12BrN3. The lowest BCUT2D eigenvalue weighted by molar-refractivity contribution is 0.373. The molecule has 0 aromatic carbocycles. The van der Waals surface area contributed by atoms with E-state index in [9.17, 15) is 0 Å². The van der Waals surface area contributed by atoms with Gasteiger partial charge in [-0.1, -0.05) is 0 Å². The van der Waals surface area contributed by atoms with Gasteiger partial charge in [0.2, 0.25) is 0 Å². The predicted molar refractivity (Wildman–Crippen MR) is 56.6 cm³/mol. The molecule has 1 fully saturated rings. The highest BCUT2D eigenvalue weighted by molar-refractivity contribution is 9.10. The first-order chi connectivity index (χ1) is 6.25. The molecule has 0 bridgehead atoms. The van der Waals surface area contributed by atoms with Crippen LogP contribution in [-0.4, -0.2) is 17.1 Å². The summed E-state index contributed by atoms with van der Waals surface area (Å²) in [5.41, 5.74) is 6.75. The standard InChI is InChI=1S/C9H12BrN3/c10-9-8(2-1-3-12-9)13-7-4-6(11)5-7/h1-3,6-7,13H,4-5,11H2. The second kappa shape index (κ2) is 3.64. The number of anilines is 1. The normalized spacial score (nSPS) is 26.6. The third kappa shape index (κ3) is 2.00. The minimum Gasteiger partial charge on any atom is -0.380 e. The number of rotatable bonds is 2. The third-order valence-electron chi connectivity index (χ3n) is 2.29. The van der Waals surface area contributed by atoms with Gasteiger partial charge < -0.3 is 11.1 Å². The summed E-state index contributed by atoms with van der Waals surface area (Å²) >= 11 is 3.39. The van der Waals surface area contributed by atoms with E-state index in [1.807, 2.05) is 12.1 Å². The minimum absolute atomic E-state index is 0.382. The van der Waals surface area contributed by atoms with Crippen LogP contribution in [0.1, 0.15) is 12.8 Å². The molecule has 0 aliphatic heterocycles. The van der Waals surface area contributed by atoms with E-state index in [4.69, 9.17) is 5.73 Å². The Hall–Kier alpha value is -0.610. The molecule has 0 unspecified atom stereocenters. The third-order valence-corrected chi connectivity index (χ3v) is 2.93. The van der Waals surface area contributed by atoms with Crippen molar-refractivity contribution in [1.29, 1.82) is 0 Å². The van der Waals surface area contributed by atoms with Gasteiger partial charge in [-0.2, -0.15) is 0 Å². The summed E-state index contributed by atoms with van der Waals surface area (Å²) in [6.45, 7) is 0. The van der Waals surface area contributed by atoms with Crippen LogP contribution >= 0.6 is 15.9 Å². The molecule has 2 rings (SSSR count). The molecule has 1 aromatic heterocycles. The van der Waals surface area contributed by atoms with E-state index in [2.05, 4.69) is 26.2 Å². The molecule has 4 heteroatoms. The van der Waals surface area contributed by atoms with Gasteiger partial charge in [0.05, 0.1) is 5.69 Å².